The Morgan fingerprint density at radius 2 is 1.95 bits per heavy atom. The van der Waals surface area contributed by atoms with E-state index in [2.05, 4.69) is 37.3 Å². The van der Waals surface area contributed by atoms with Crippen LogP contribution in [-0.4, -0.2) is 12.4 Å². The molecule has 2 aromatic rings. The Kier molecular flexibility index (Phi) is 4.51. The van der Waals surface area contributed by atoms with Gasteiger partial charge in [-0.2, -0.15) is 0 Å². The molecule has 2 N–H and O–H groups in total. The first-order valence-corrected chi connectivity index (χ1v) is 8.47. The van der Waals surface area contributed by atoms with Crippen molar-refractivity contribution in [2.24, 2.45) is 5.73 Å². The number of para-hydroxylation sites is 1. The van der Waals surface area contributed by atoms with Gasteiger partial charge in [-0.25, -0.2) is 0 Å². The normalized spacial score (nSPS) is 18.3. The second kappa shape index (κ2) is 6.54. The van der Waals surface area contributed by atoms with Gasteiger partial charge in [0.15, 0.2) is 0 Å². The van der Waals surface area contributed by atoms with Gasteiger partial charge in [-0.1, -0.05) is 43.3 Å². The molecule has 1 unspecified atom stereocenters. The summed E-state index contributed by atoms with van der Waals surface area (Å²) >= 11 is 1.92. The lowest BCUT2D eigenvalue weighted by atomic mass is 10.0. The fraction of sp³-hybridized carbons (Fsp3) is 0.333. The lowest BCUT2D eigenvalue weighted by Gasteiger charge is -2.18. The topological polar surface area (TPSA) is 35.2 Å². The molecule has 0 saturated heterocycles. The van der Waals surface area contributed by atoms with Crippen LogP contribution < -0.4 is 10.5 Å². The van der Waals surface area contributed by atoms with Crippen molar-refractivity contribution in [2.75, 3.05) is 12.4 Å². The van der Waals surface area contributed by atoms with Gasteiger partial charge in [0.05, 0.1) is 6.61 Å². The van der Waals surface area contributed by atoms with Gasteiger partial charge in [0.2, 0.25) is 0 Å². The zero-order valence-electron chi connectivity index (χ0n) is 12.3. The van der Waals surface area contributed by atoms with E-state index in [9.17, 15) is 0 Å². The summed E-state index contributed by atoms with van der Waals surface area (Å²) in [7, 11) is 0. The maximum Gasteiger partial charge on any atom is 0.124 e. The van der Waals surface area contributed by atoms with Crippen LogP contribution in [0, 0.1) is 0 Å². The van der Waals surface area contributed by atoms with Crippen molar-refractivity contribution >= 4 is 11.8 Å². The second-order valence-corrected chi connectivity index (χ2v) is 6.47. The number of benzene rings is 2. The molecule has 2 atom stereocenters. The SMILES string of the molecule is CC[C@H](N)c1ccccc1OCC1CSc2ccccc21. The van der Waals surface area contributed by atoms with Crippen molar-refractivity contribution in [2.45, 2.75) is 30.2 Å². The van der Waals surface area contributed by atoms with Crippen LogP contribution in [0.25, 0.3) is 0 Å². The Balaban J connectivity index is 1.72. The van der Waals surface area contributed by atoms with Crippen molar-refractivity contribution in [3.63, 3.8) is 0 Å². The zero-order chi connectivity index (χ0) is 14.7. The number of ether oxygens (including phenoxy) is 1. The van der Waals surface area contributed by atoms with Crippen molar-refractivity contribution < 1.29 is 4.74 Å². The predicted molar refractivity (Wildman–Crippen MR) is 89.1 cm³/mol. The number of hydrogen-bond acceptors (Lipinski definition) is 3. The van der Waals surface area contributed by atoms with E-state index in [0.29, 0.717) is 5.92 Å². The molecule has 0 bridgehead atoms. The number of fused-ring (bicyclic) bond motifs is 1. The highest BCUT2D eigenvalue weighted by Crippen LogP contribution is 2.39. The number of hydrogen-bond donors (Lipinski definition) is 1. The first kappa shape index (κ1) is 14.5. The van der Waals surface area contributed by atoms with Gasteiger partial charge in [0, 0.05) is 28.2 Å². The summed E-state index contributed by atoms with van der Waals surface area (Å²) in [6.07, 6.45) is 0.919. The fourth-order valence-corrected chi connectivity index (χ4v) is 3.93. The minimum absolute atomic E-state index is 0.0476. The lowest BCUT2D eigenvalue weighted by Crippen LogP contribution is -2.14. The molecule has 1 heterocycles. The summed E-state index contributed by atoms with van der Waals surface area (Å²) in [6, 6.07) is 16.8. The smallest absolute Gasteiger partial charge is 0.124 e. The standard InChI is InChI=1S/C18H21NOS/c1-2-16(19)15-8-3-5-9-17(15)20-11-13-12-21-18-10-6-4-7-14(13)18/h3-10,13,16H,2,11-12,19H2,1H3/t13?,16-/m0/s1. The molecule has 1 aliphatic heterocycles. The molecule has 0 amide bonds. The van der Waals surface area contributed by atoms with E-state index in [1.54, 1.807) is 0 Å². The molecular formula is C18H21NOS. The fourth-order valence-electron chi connectivity index (χ4n) is 2.70. The van der Waals surface area contributed by atoms with Gasteiger partial charge in [-0.05, 0) is 24.1 Å². The van der Waals surface area contributed by atoms with Crippen LogP contribution in [0.1, 0.15) is 36.4 Å². The Morgan fingerprint density at radius 1 is 1.19 bits per heavy atom. The van der Waals surface area contributed by atoms with Gasteiger partial charge < -0.3 is 10.5 Å². The number of nitrogens with two attached hydrogens (primary N) is 1. The summed E-state index contributed by atoms with van der Waals surface area (Å²) in [6.45, 7) is 2.82. The molecule has 2 nitrogen and oxygen atoms in total. The quantitative estimate of drug-likeness (QED) is 0.890. The first-order valence-electron chi connectivity index (χ1n) is 7.48. The largest absolute Gasteiger partial charge is 0.493 e. The van der Waals surface area contributed by atoms with E-state index in [0.717, 1.165) is 30.1 Å². The average Bonchev–Trinajstić information content (AvgIpc) is 2.96. The molecule has 2 aromatic carbocycles. The third-order valence-corrected chi connectivity index (χ3v) is 5.25. The number of rotatable bonds is 5. The minimum Gasteiger partial charge on any atom is -0.493 e. The molecule has 0 spiro atoms. The molecule has 3 heteroatoms. The highest BCUT2D eigenvalue weighted by molar-refractivity contribution is 7.99. The highest BCUT2D eigenvalue weighted by Gasteiger charge is 2.23. The minimum atomic E-state index is 0.0476. The van der Waals surface area contributed by atoms with Crippen molar-refractivity contribution in [3.8, 4) is 5.75 Å². The van der Waals surface area contributed by atoms with Gasteiger partial charge in [0.1, 0.15) is 5.75 Å². The molecule has 3 rings (SSSR count). The van der Waals surface area contributed by atoms with Gasteiger partial charge in [-0.3, -0.25) is 0 Å². The van der Waals surface area contributed by atoms with E-state index in [4.69, 9.17) is 10.5 Å². The molecule has 110 valence electrons. The van der Waals surface area contributed by atoms with Gasteiger partial charge in [0.25, 0.3) is 0 Å². The summed E-state index contributed by atoms with van der Waals surface area (Å²) in [5, 5.41) is 0. The summed E-state index contributed by atoms with van der Waals surface area (Å²) in [4.78, 5) is 1.39. The summed E-state index contributed by atoms with van der Waals surface area (Å²) in [5.74, 6) is 2.50. The van der Waals surface area contributed by atoms with E-state index in [1.807, 2.05) is 30.0 Å². The molecule has 0 fully saturated rings. The summed E-state index contributed by atoms with van der Waals surface area (Å²) < 4.78 is 6.11. The third kappa shape index (κ3) is 3.09. The van der Waals surface area contributed by atoms with Gasteiger partial charge in [-0.15, -0.1) is 11.8 Å². The van der Waals surface area contributed by atoms with Crippen LogP contribution in [0.2, 0.25) is 0 Å². The van der Waals surface area contributed by atoms with E-state index in [-0.39, 0.29) is 6.04 Å². The lowest BCUT2D eigenvalue weighted by molar-refractivity contribution is 0.293. The maximum absolute atomic E-state index is 6.17. The Bertz CT molecular complexity index is 614. The molecule has 0 aromatic heterocycles. The van der Waals surface area contributed by atoms with Crippen molar-refractivity contribution in [1.29, 1.82) is 0 Å². The third-order valence-electron chi connectivity index (χ3n) is 4.00. The predicted octanol–water partition coefficient (Wildman–Crippen LogP) is 4.36. The molecule has 0 radical (unpaired) electrons. The monoisotopic (exact) mass is 299 g/mol. The molecule has 1 aliphatic rings. The Hall–Kier alpha value is -1.45. The van der Waals surface area contributed by atoms with Crippen LogP contribution in [0.4, 0.5) is 0 Å². The maximum atomic E-state index is 6.17. The van der Waals surface area contributed by atoms with Crippen LogP contribution in [0.3, 0.4) is 0 Å². The van der Waals surface area contributed by atoms with E-state index in [1.165, 1.54) is 10.5 Å². The molecule has 0 saturated carbocycles. The van der Waals surface area contributed by atoms with E-state index >= 15 is 0 Å². The second-order valence-electron chi connectivity index (χ2n) is 5.41. The van der Waals surface area contributed by atoms with Crippen molar-refractivity contribution in [3.05, 3.63) is 59.7 Å². The van der Waals surface area contributed by atoms with Crippen LogP contribution in [-0.2, 0) is 0 Å². The van der Waals surface area contributed by atoms with Crippen LogP contribution in [0.15, 0.2) is 53.4 Å². The molecular weight excluding hydrogens is 278 g/mol. The Labute approximate surface area is 130 Å². The van der Waals surface area contributed by atoms with E-state index < -0.39 is 0 Å². The highest BCUT2D eigenvalue weighted by atomic mass is 32.2. The average molecular weight is 299 g/mol. The number of thioether (sulfide) groups is 1. The molecule has 0 aliphatic carbocycles. The van der Waals surface area contributed by atoms with Crippen LogP contribution >= 0.6 is 11.8 Å². The van der Waals surface area contributed by atoms with Crippen molar-refractivity contribution in [1.82, 2.24) is 0 Å². The van der Waals surface area contributed by atoms with Gasteiger partial charge >= 0.3 is 0 Å². The zero-order valence-corrected chi connectivity index (χ0v) is 13.1. The summed E-state index contributed by atoms with van der Waals surface area (Å²) in [5.41, 5.74) is 8.70. The molecule has 21 heavy (non-hydrogen) atoms. The first-order chi connectivity index (χ1) is 10.3. The van der Waals surface area contributed by atoms with Crippen LogP contribution in [0.5, 0.6) is 5.75 Å². The Morgan fingerprint density at radius 3 is 2.81 bits per heavy atom.